The number of hydrogen-bond acceptors (Lipinski definition) is 4. The Morgan fingerprint density at radius 3 is 2.41 bits per heavy atom. The number of hydrogen-bond donors (Lipinski definition) is 1. The molecule has 0 saturated heterocycles. The van der Waals surface area contributed by atoms with Gasteiger partial charge in [0.1, 0.15) is 11.5 Å². The molecule has 0 aliphatic carbocycles. The standard InChI is InChI=1S/C21H21NO4S/c1-2-26-19-12-10-18(11-13-19)22-21(23)15-27(24,25)14-17-8-5-7-16-6-3-4-9-20(16)17/h3-13H,2,14-15H2,1H3,(H,22,23). The fourth-order valence-electron chi connectivity index (χ4n) is 2.90. The third-order valence-electron chi connectivity index (χ3n) is 4.06. The van der Waals surface area contributed by atoms with E-state index in [0.717, 1.165) is 10.8 Å². The predicted octanol–water partition coefficient (Wildman–Crippen LogP) is 3.79. The van der Waals surface area contributed by atoms with E-state index in [-0.39, 0.29) is 5.75 Å². The average Bonchev–Trinajstić information content (AvgIpc) is 2.63. The van der Waals surface area contributed by atoms with Crippen LogP contribution in [0.15, 0.2) is 66.7 Å². The van der Waals surface area contributed by atoms with Crippen molar-refractivity contribution in [1.82, 2.24) is 0 Å². The molecule has 6 heteroatoms. The topological polar surface area (TPSA) is 72.5 Å². The first-order chi connectivity index (χ1) is 13.0. The number of nitrogens with one attached hydrogen (secondary N) is 1. The molecule has 0 spiro atoms. The van der Waals surface area contributed by atoms with E-state index in [1.54, 1.807) is 30.3 Å². The number of anilines is 1. The van der Waals surface area contributed by atoms with Gasteiger partial charge in [-0.25, -0.2) is 8.42 Å². The summed E-state index contributed by atoms with van der Waals surface area (Å²) in [7, 11) is -3.60. The summed E-state index contributed by atoms with van der Waals surface area (Å²) in [6, 6.07) is 20.0. The van der Waals surface area contributed by atoms with E-state index in [1.807, 2.05) is 43.3 Å². The highest BCUT2D eigenvalue weighted by Gasteiger charge is 2.18. The normalized spacial score (nSPS) is 11.3. The molecular formula is C21H21NO4S. The van der Waals surface area contributed by atoms with Gasteiger partial charge in [0.2, 0.25) is 5.91 Å². The molecule has 3 aromatic carbocycles. The molecule has 0 fully saturated rings. The maximum absolute atomic E-state index is 12.5. The zero-order chi connectivity index (χ0) is 19.3. The van der Waals surface area contributed by atoms with Crippen LogP contribution in [-0.2, 0) is 20.4 Å². The summed E-state index contributed by atoms with van der Waals surface area (Å²) in [6.45, 7) is 2.44. The lowest BCUT2D eigenvalue weighted by atomic mass is 10.1. The molecular weight excluding hydrogens is 362 g/mol. The van der Waals surface area contributed by atoms with Crippen LogP contribution in [0, 0.1) is 0 Å². The van der Waals surface area contributed by atoms with Gasteiger partial charge < -0.3 is 10.1 Å². The van der Waals surface area contributed by atoms with Crippen LogP contribution in [0.5, 0.6) is 5.75 Å². The molecule has 1 N–H and O–H groups in total. The fourth-order valence-corrected chi connectivity index (χ4v) is 4.20. The Hall–Kier alpha value is -2.86. The molecule has 3 rings (SSSR count). The molecule has 0 aromatic heterocycles. The highest BCUT2D eigenvalue weighted by molar-refractivity contribution is 7.91. The Morgan fingerprint density at radius 1 is 0.963 bits per heavy atom. The quantitative estimate of drug-likeness (QED) is 0.674. The lowest BCUT2D eigenvalue weighted by molar-refractivity contribution is -0.113. The van der Waals surface area contributed by atoms with Gasteiger partial charge in [-0.2, -0.15) is 0 Å². The Balaban J connectivity index is 1.67. The molecule has 0 radical (unpaired) electrons. The number of fused-ring (bicyclic) bond motifs is 1. The number of carbonyl (C=O) groups excluding carboxylic acids is 1. The molecule has 27 heavy (non-hydrogen) atoms. The first kappa shape index (κ1) is 18.9. The van der Waals surface area contributed by atoms with Gasteiger partial charge in [-0.05, 0) is 47.5 Å². The number of ether oxygens (including phenoxy) is 1. The summed E-state index contributed by atoms with van der Waals surface area (Å²) in [4.78, 5) is 12.2. The van der Waals surface area contributed by atoms with Gasteiger partial charge in [0.15, 0.2) is 9.84 Å². The second-order valence-corrected chi connectivity index (χ2v) is 8.24. The third-order valence-corrected chi connectivity index (χ3v) is 5.51. The van der Waals surface area contributed by atoms with Gasteiger partial charge in [0.25, 0.3) is 0 Å². The summed E-state index contributed by atoms with van der Waals surface area (Å²) in [5, 5.41) is 4.48. The van der Waals surface area contributed by atoms with Crippen molar-refractivity contribution in [3.63, 3.8) is 0 Å². The molecule has 0 atom stereocenters. The number of benzene rings is 3. The lowest BCUT2D eigenvalue weighted by Crippen LogP contribution is -2.24. The Bertz CT molecular complexity index is 1040. The smallest absolute Gasteiger partial charge is 0.239 e. The number of carbonyl (C=O) groups is 1. The second-order valence-electron chi connectivity index (χ2n) is 6.18. The van der Waals surface area contributed by atoms with Crippen molar-refractivity contribution in [3.8, 4) is 5.75 Å². The number of rotatable bonds is 7. The molecule has 0 bridgehead atoms. The lowest BCUT2D eigenvalue weighted by Gasteiger charge is -2.09. The van der Waals surface area contributed by atoms with Crippen molar-refractivity contribution >= 4 is 32.2 Å². The third kappa shape index (κ3) is 5.08. The van der Waals surface area contributed by atoms with Crippen molar-refractivity contribution in [2.24, 2.45) is 0 Å². The molecule has 1 amide bonds. The van der Waals surface area contributed by atoms with Crippen LogP contribution >= 0.6 is 0 Å². The average molecular weight is 383 g/mol. The summed E-state index contributed by atoms with van der Waals surface area (Å²) in [5.41, 5.74) is 1.23. The molecule has 0 aliphatic rings. The Labute approximate surface area is 158 Å². The summed E-state index contributed by atoms with van der Waals surface area (Å²) in [5.74, 6) is -0.604. The first-order valence-electron chi connectivity index (χ1n) is 8.66. The van der Waals surface area contributed by atoms with Crippen molar-refractivity contribution < 1.29 is 17.9 Å². The molecule has 140 valence electrons. The van der Waals surface area contributed by atoms with Gasteiger partial charge in [-0.15, -0.1) is 0 Å². The second kappa shape index (κ2) is 8.22. The van der Waals surface area contributed by atoms with Crippen LogP contribution in [-0.4, -0.2) is 26.7 Å². The maximum atomic E-state index is 12.5. The van der Waals surface area contributed by atoms with E-state index in [2.05, 4.69) is 5.32 Å². The SMILES string of the molecule is CCOc1ccc(NC(=O)CS(=O)(=O)Cc2cccc3ccccc23)cc1. The summed E-state index contributed by atoms with van der Waals surface area (Å²) >= 11 is 0. The molecule has 0 unspecified atom stereocenters. The number of amides is 1. The number of sulfone groups is 1. The van der Waals surface area contributed by atoms with Crippen molar-refractivity contribution in [2.45, 2.75) is 12.7 Å². The fraction of sp³-hybridized carbons (Fsp3) is 0.190. The van der Waals surface area contributed by atoms with Crippen LogP contribution in [0.2, 0.25) is 0 Å². The van der Waals surface area contributed by atoms with E-state index in [0.29, 0.717) is 23.6 Å². The van der Waals surface area contributed by atoms with Crippen molar-refractivity contribution in [1.29, 1.82) is 0 Å². The predicted molar refractivity (Wildman–Crippen MR) is 108 cm³/mol. The van der Waals surface area contributed by atoms with Gasteiger partial charge in [0, 0.05) is 5.69 Å². The zero-order valence-electron chi connectivity index (χ0n) is 15.0. The Kier molecular flexibility index (Phi) is 5.76. The van der Waals surface area contributed by atoms with Gasteiger partial charge in [0.05, 0.1) is 12.4 Å². The van der Waals surface area contributed by atoms with Gasteiger partial charge >= 0.3 is 0 Å². The van der Waals surface area contributed by atoms with E-state index in [1.165, 1.54) is 0 Å². The van der Waals surface area contributed by atoms with Crippen LogP contribution in [0.3, 0.4) is 0 Å². The zero-order valence-corrected chi connectivity index (χ0v) is 15.8. The monoisotopic (exact) mass is 383 g/mol. The largest absolute Gasteiger partial charge is 0.494 e. The molecule has 0 aliphatic heterocycles. The van der Waals surface area contributed by atoms with Gasteiger partial charge in [-0.1, -0.05) is 42.5 Å². The van der Waals surface area contributed by atoms with Crippen LogP contribution < -0.4 is 10.1 Å². The van der Waals surface area contributed by atoms with Crippen LogP contribution in [0.1, 0.15) is 12.5 Å². The minimum absolute atomic E-state index is 0.176. The highest BCUT2D eigenvalue weighted by atomic mass is 32.2. The van der Waals surface area contributed by atoms with E-state index in [9.17, 15) is 13.2 Å². The van der Waals surface area contributed by atoms with Crippen molar-refractivity contribution in [3.05, 3.63) is 72.3 Å². The minimum Gasteiger partial charge on any atom is -0.494 e. The maximum Gasteiger partial charge on any atom is 0.239 e. The molecule has 0 heterocycles. The highest BCUT2D eigenvalue weighted by Crippen LogP contribution is 2.21. The summed E-state index contributed by atoms with van der Waals surface area (Å²) in [6.07, 6.45) is 0. The van der Waals surface area contributed by atoms with Crippen molar-refractivity contribution in [2.75, 3.05) is 17.7 Å². The van der Waals surface area contributed by atoms with Crippen LogP contribution in [0.4, 0.5) is 5.69 Å². The molecule has 0 saturated carbocycles. The minimum atomic E-state index is -3.60. The van der Waals surface area contributed by atoms with Gasteiger partial charge in [-0.3, -0.25) is 4.79 Å². The summed E-state index contributed by atoms with van der Waals surface area (Å²) < 4.78 is 30.3. The van der Waals surface area contributed by atoms with E-state index >= 15 is 0 Å². The van der Waals surface area contributed by atoms with Crippen LogP contribution in [0.25, 0.3) is 10.8 Å². The van der Waals surface area contributed by atoms with E-state index < -0.39 is 21.5 Å². The Morgan fingerprint density at radius 2 is 1.67 bits per heavy atom. The molecule has 3 aromatic rings. The molecule has 5 nitrogen and oxygen atoms in total. The first-order valence-corrected chi connectivity index (χ1v) is 10.5. The van der Waals surface area contributed by atoms with E-state index in [4.69, 9.17) is 4.74 Å².